The molecule has 0 aliphatic rings. The molecule has 0 fully saturated rings. The van der Waals surface area contributed by atoms with Gasteiger partial charge in [0.2, 0.25) is 5.88 Å². The number of benzene rings is 2. The summed E-state index contributed by atoms with van der Waals surface area (Å²) in [5.41, 5.74) is 2.38. The first kappa shape index (κ1) is 29.9. The molecule has 0 bridgehead atoms. The Bertz CT molecular complexity index is 1230. The molecule has 2 aromatic carbocycles. The molecule has 0 aliphatic carbocycles. The molecule has 3 rings (SSSR count). The van der Waals surface area contributed by atoms with E-state index in [4.69, 9.17) is 27.9 Å². The lowest BCUT2D eigenvalue weighted by molar-refractivity contribution is -0.141. The molecule has 0 aliphatic heterocycles. The van der Waals surface area contributed by atoms with Crippen LogP contribution in [0, 0.1) is 0 Å². The Kier molecular flexibility index (Phi) is 12.2. The van der Waals surface area contributed by atoms with Crippen molar-refractivity contribution in [1.29, 1.82) is 0 Å². The van der Waals surface area contributed by atoms with Crippen molar-refractivity contribution in [2.45, 2.75) is 19.6 Å². The minimum absolute atomic E-state index is 0.140. The lowest BCUT2D eigenvalue weighted by atomic mass is 10.0. The monoisotopic (exact) mass is 551 g/mol. The van der Waals surface area contributed by atoms with Gasteiger partial charge in [-0.05, 0) is 37.2 Å². The summed E-state index contributed by atoms with van der Waals surface area (Å²) in [5.74, 6) is -0.230. The Morgan fingerprint density at radius 2 is 1.84 bits per heavy atom. The van der Waals surface area contributed by atoms with E-state index in [0.29, 0.717) is 12.4 Å². The summed E-state index contributed by atoms with van der Waals surface area (Å²) in [6, 6.07) is 17.0. The zero-order chi connectivity index (χ0) is 27.3. The zero-order valence-electron chi connectivity index (χ0n) is 20.2. The van der Waals surface area contributed by atoms with Crippen molar-refractivity contribution >= 4 is 35.7 Å². The number of hydrogen-bond acceptors (Lipinski definition) is 4. The topological polar surface area (TPSA) is 56.1 Å². The molecule has 196 valence electrons. The Morgan fingerprint density at radius 3 is 2.43 bits per heavy atom. The highest BCUT2D eigenvalue weighted by molar-refractivity contribution is 6.33. The van der Waals surface area contributed by atoms with Crippen molar-refractivity contribution in [3.63, 3.8) is 0 Å². The van der Waals surface area contributed by atoms with Crippen molar-refractivity contribution in [3.8, 4) is 17.0 Å². The van der Waals surface area contributed by atoms with Crippen molar-refractivity contribution in [1.82, 2.24) is 15.1 Å². The van der Waals surface area contributed by atoms with Crippen LogP contribution >= 0.6 is 23.2 Å². The highest BCUT2D eigenvalue weighted by atomic mass is 35.5. The van der Waals surface area contributed by atoms with Crippen LogP contribution in [0.2, 0.25) is 5.02 Å². The average molecular weight is 552 g/mol. The zero-order valence-corrected chi connectivity index (χ0v) is 21.7. The number of aldehydes is 1. The number of hydrogen-bond donors (Lipinski definition) is 1. The smallest absolute Gasteiger partial charge is 0.435 e. The van der Waals surface area contributed by atoms with Gasteiger partial charge in [-0.15, -0.1) is 0 Å². The van der Waals surface area contributed by atoms with Crippen LogP contribution in [0.4, 0.5) is 13.2 Å². The molecule has 1 heterocycles. The number of alkyl halides is 3. The molecule has 0 saturated carbocycles. The van der Waals surface area contributed by atoms with Crippen molar-refractivity contribution < 1.29 is 22.7 Å². The van der Waals surface area contributed by atoms with E-state index < -0.39 is 11.9 Å². The number of nitrogens with one attached hydrogen (secondary N) is 1. The second-order valence-electron chi connectivity index (χ2n) is 7.39. The number of halogens is 5. The van der Waals surface area contributed by atoms with E-state index in [1.807, 2.05) is 31.3 Å². The first-order chi connectivity index (χ1) is 17.7. The normalized spacial score (nSPS) is 12.0. The standard InChI is InChI=1S/C14H14ClN.C13H12ClF3N2O2/c1-16-10-11-6-8-12(9-7-11)13-4-2-3-5-14(13)15;1-2-3-4-5-10(14)9-19-12(21-7-6-20)8-11(18-19)13(15,16)17/h2-9,16H,10H2,1H3;2-6,8-9H,7H2,1H3/b;3-2-,5-4-,10-9-. The maximum Gasteiger partial charge on any atom is 0.435 e. The highest BCUT2D eigenvalue weighted by Gasteiger charge is 2.35. The molecule has 0 atom stereocenters. The van der Waals surface area contributed by atoms with Gasteiger partial charge in [-0.2, -0.15) is 18.3 Å². The quantitative estimate of drug-likeness (QED) is 0.222. The summed E-state index contributed by atoms with van der Waals surface area (Å²) < 4.78 is 43.5. The van der Waals surface area contributed by atoms with Crippen LogP contribution in [0.1, 0.15) is 18.2 Å². The molecule has 0 unspecified atom stereocenters. The summed E-state index contributed by atoms with van der Waals surface area (Å²) >= 11 is 12.0. The number of rotatable bonds is 9. The average Bonchev–Trinajstić information content (AvgIpc) is 3.27. The van der Waals surface area contributed by atoms with Crippen LogP contribution < -0.4 is 10.1 Å². The van der Waals surface area contributed by atoms with Crippen molar-refractivity contribution in [2.75, 3.05) is 13.7 Å². The maximum absolute atomic E-state index is 12.6. The molecule has 0 radical (unpaired) electrons. The van der Waals surface area contributed by atoms with Gasteiger partial charge >= 0.3 is 6.18 Å². The third-order valence-electron chi connectivity index (χ3n) is 4.62. The van der Waals surface area contributed by atoms with Crippen LogP contribution in [-0.2, 0) is 17.5 Å². The number of carbonyl (C=O) groups is 1. The maximum atomic E-state index is 12.6. The minimum atomic E-state index is -4.62. The third kappa shape index (κ3) is 9.92. The van der Waals surface area contributed by atoms with Crippen LogP contribution in [-0.4, -0.2) is 29.7 Å². The molecule has 1 N–H and O–H groups in total. The third-order valence-corrected chi connectivity index (χ3v) is 5.17. The SMILES string of the molecule is CNCc1ccc(-c2ccccc2Cl)cc1.C\C=C/C=C\C(Cl)=C\n1nc(C(F)(F)F)cc1OCC=O. The van der Waals surface area contributed by atoms with Gasteiger partial charge in [0.1, 0.15) is 6.61 Å². The minimum Gasteiger partial charge on any atom is -0.470 e. The van der Waals surface area contributed by atoms with Gasteiger partial charge in [-0.1, -0.05) is 83.9 Å². The van der Waals surface area contributed by atoms with Gasteiger partial charge in [-0.25, -0.2) is 4.68 Å². The van der Waals surface area contributed by atoms with E-state index in [-0.39, 0.29) is 17.5 Å². The van der Waals surface area contributed by atoms with E-state index in [0.717, 1.165) is 33.6 Å². The van der Waals surface area contributed by atoms with E-state index in [1.54, 1.807) is 25.2 Å². The van der Waals surface area contributed by atoms with E-state index in [2.05, 4.69) is 34.7 Å². The molecule has 37 heavy (non-hydrogen) atoms. The van der Waals surface area contributed by atoms with E-state index in [1.165, 1.54) is 11.6 Å². The molecule has 3 aromatic rings. The fourth-order valence-corrected chi connectivity index (χ4v) is 3.37. The predicted octanol–water partition coefficient (Wildman–Crippen LogP) is 7.38. The number of allylic oxidation sites excluding steroid dienone is 5. The van der Waals surface area contributed by atoms with Crippen molar-refractivity contribution in [2.24, 2.45) is 0 Å². The Hall–Kier alpha value is -3.33. The van der Waals surface area contributed by atoms with Crippen LogP contribution in [0.3, 0.4) is 0 Å². The van der Waals surface area contributed by atoms with Gasteiger partial charge in [0, 0.05) is 23.2 Å². The molecule has 10 heteroatoms. The van der Waals surface area contributed by atoms with Gasteiger partial charge < -0.3 is 10.1 Å². The highest BCUT2D eigenvalue weighted by Crippen LogP contribution is 2.31. The molecule has 1 aromatic heterocycles. The first-order valence-corrected chi connectivity index (χ1v) is 11.8. The second kappa shape index (κ2) is 15.0. The number of carbonyl (C=O) groups excluding carboxylic acids is 1. The molecule has 0 saturated heterocycles. The summed E-state index contributed by atoms with van der Waals surface area (Å²) in [4.78, 5) is 10.3. The molecule has 0 spiro atoms. The second-order valence-corrected chi connectivity index (χ2v) is 8.24. The number of ether oxygens (including phenoxy) is 1. The predicted molar refractivity (Wildman–Crippen MR) is 143 cm³/mol. The van der Waals surface area contributed by atoms with E-state index in [9.17, 15) is 18.0 Å². The van der Waals surface area contributed by atoms with Crippen LogP contribution in [0.5, 0.6) is 5.88 Å². The summed E-state index contributed by atoms with van der Waals surface area (Å²) in [6.45, 7) is 2.31. The fraction of sp³-hybridized carbons (Fsp3) is 0.185. The summed E-state index contributed by atoms with van der Waals surface area (Å²) in [6.07, 6.45) is 3.49. The fourth-order valence-electron chi connectivity index (χ4n) is 2.96. The Balaban J connectivity index is 0.000000269. The number of nitrogens with zero attached hydrogens (tertiary/aromatic N) is 2. The van der Waals surface area contributed by atoms with E-state index >= 15 is 0 Å². The lowest BCUT2D eigenvalue weighted by Crippen LogP contribution is -2.06. The largest absolute Gasteiger partial charge is 0.470 e. The van der Waals surface area contributed by atoms with Gasteiger partial charge in [0.05, 0.1) is 11.2 Å². The molecular formula is C27H26Cl2F3N3O2. The van der Waals surface area contributed by atoms with Gasteiger partial charge in [0.15, 0.2) is 12.0 Å². The van der Waals surface area contributed by atoms with Crippen LogP contribution in [0.15, 0.2) is 83.9 Å². The van der Waals surface area contributed by atoms with Crippen molar-refractivity contribution in [3.05, 3.63) is 100 Å². The number of aromatic nitrogens is 2. The Morgan fingerprint density at radius 1 is 1.14 bits per heavy atom. The Labute approximate surface area is 223 Å². The first-order valence-electron chi connectivity index (χ1n) is 11.1. The summed E-state index contributed by atoms with van der Waals surface area (Å²) in [7, 11) is 1.95. The molecule has 5 nitrogen and oxygen atoms in total. The molecular weight excluding hydrogens is 526 g/mol. The van der Waals surface area contributed by atoms with Gasteiger partial charge in [-0.3, -0.25) is 4.79 Å². The van der Waals surface area contributed by atoms with Gasteiger partial charge in [0.25, 0.3) is 0 Å². The molecule has 0 amide bonds. The summed E-state index contributed by atoms with van der Waals surface area (Å²) in [5, 5.41) is 7.40. The van der Waals surface area contributed by atoms with Crippen LogP contribution in [0.25, 0.3) is 17.3 Å². The lowest BCUT2D eigenvalue weighted by Gasteiger charge is -2.05.